The summed E-state index contributed by atoms with van der Waals surface area (Å²) >= 11 is 0. The molecule has 1 aromatic carbocycles. The quantitative estimate of drug-likeness (QED) is 0.870. The van der Waals surface area contributed by atoms with Gasteiger partial charge in [-0.2, -0.15) is 0 Å². The van der Waals surface area contributed by atoms with Crippen molar-refractivity contribution < 1.29 is 0 Å². The van der Waals surface area contributed by atoms with Gasteiger partial charge < -0.3 is 9.80 Å². The number of rotatable bonds is 3. The Morgan fingerprint density at radius 2 is 1.64 bits per heavy atom. The Hall–Kier alpha value is -2.36. The minimum atomic E-state index is 0.730. The van der Waals surface area contributed by atoms with Crippen molar-refractivity contribution in [2.75, 3.05) is 31.1 Å². The van der Waals surface area contributed by atoms with Gasteiger partial charge in [-0.05, 0) is 18.3 Å². The summed E-state index contributed by atoms with van der Waals surface area (Å²) in [6, 6.07) is 14.4. The van der Waals surface area contributed by atoms with Crippen LogP contribution in [0.15, 0.2) is 55.2 Å². The Balaban J connectivity index is 1.48. The van der Waals surface area contributed by atoms with E-state index in [2.05, 4.69) is 50.8 Å². The topological polar surface area (TPSA) is 32.3 Å². The fourth-order valence-electron chi connectivity index (χ4n) is 3.62. The summed E-state index contributed by atoms with van der Waals surface area (Å²) in [6.45, 7) is 8.28. The second-order valence-corrected chi connectivity index (χ2v) is 6.20. The van der Waals surface area contributed by atoms with Crippen molar-refractivity contribution in [1.82, 2.24) is 15.1 Å². The fraction of sp³-hybridized carbons (Fsp3) is 0.333. The Morgan fingerprint density at radius 1 is 0.909 bits per heavy atom. The molecular weight excluding hydrogens is 272 g/mol. The lowest BCUT2D eigenvalue weighted by Crippen LogP contribution is -2.26. The van der Waals surface area contributed by atoms with Crippen molar-refractivity contribution in [3.05, 3.63) is 55.2 Å². The molecule has 0 radical (unpaired) electrons. The largest absolute Gasteiger partial charge is 0.377 e. The average Bonchev–Trinajstić information content (AvgIpc) is 3.14. The summed E-state index contributed by atoms with van der Waals surface area (Å²) in [7, 11) is 0. The molecule has 2 saturated heterocycles. The van der Waals surface area contributed by atoms with E-state index in [0.29, 0.717) is 0 Å². The molecule has 0 aliphatic carbocycles. The van der Waals surface area contributed by atoms with Gasteiger partial charge in [-0.15, -0.1) is 10.2 Å². The maximum Gasteiger partial charge on any atom is 0.151 e. The van der Waals surface area contributed by atoms with Crippen LogP contribution in [0.5, 0.6) is 0 Å². The number of hydrogen-bond acceptors (Lipinski definition) is 4. The highest BCUT2D eigenvalue weighted by atomic mass is 15.3. The van der Waals surface area contributed by atoms with Gasteiger partial charge in [0.15, 0.2) is 5.82 Å². The molecule has 2 unspecified atom stereocenters. The Morgan fingerprint density at radius 3 is 2.23 bits per heavy atom. The van der Waals surface area contributed by atoms with Gasteiger partial charge >= 0.3 is 0 Å². The van der Waals surface area contributed by atoms with E-state index >= 15 is 0 Å². The van der Waals surface area contributed by atoms with Crippen LogP contribution < -0.4 is 4.90 Å². The molecule has 0 saturated carbocycles. The van der Waals surface area contributed by atoms with Crippen molar-refractivity contribution in [2.45, 2.75) is 0 Å². The molecule has 4 heteroatoms. The van der Waals surface area contributed by atoms with Gasteiger partial charge in [-0.25, -0.2) is 0 Å². The number of hydrogen-bond donors (Lipinski definition) is 0. The molecule has 112 valence electrons. The lowest BCUT2D eigenvalue weighted by atomic mass is 10.0. The van der Waals surface area contributed by atoms with Crippen molar-refractivity contribution in [3.63, 3.8) is 0 Å². The van der Waals surface area contributed by atoms with Gasteiger partial charge in [-0.3, -0.25) is 0 Å². The second-order valence-electron chi connectivity index (χ2n) is 6.20. The van der Waals surface area contributed by atoms with E-state index in [1.54, 1.807) is 0 Å². The van der Waals surface area contributed by atoms with Crippen LogP contribution in [-0.4, -0.2) is 41.3 Å². The van der Waals surface area contributed by atoms with Crippen molar-refractivity contribution >= 4 is 5.82 Å². The zero-order valence-electron chi connectivity index (χ0n) is 12.6. The van der Waals surface area contributed by atoms with E-state index in [9.17, 15) is 0 Å². The number of anilines is 1. The van der Waals surface area contributed by atoms with Crippen molar-refractivity contribution in [1.29, 1.82) is 0 Å². The van der Waals surface area contributed by atoms with Gasteiger partial charge in [0.2, 0.25) is 0 Å². The van der Waals surface area contributed by atoms with Crippen LogP contribution in [0.3, 0.4) is 0 Å². The standard InChI is InChI=1S/C18H20N4/c1-2-21-10-15-12-22(13-16(15)11-21)18-9-8-17(19-20-18)14-6-4-3-5-7-14/h2-9,15-16H,1,10-13H2. The first-order chi connectivity index (χ1) is 10.8. The monoisotopic (exact) mass is 292 g/mol. The molecule has 0 N–H and O–H groups in total. The number of likely N-dealkylation sites (tertiary alicyclic amines) is 1. The first-order valence-corrected chi connectivity index (χ1v) is 7.84. The number of benzene rings is 1. The van der Waals surface area contributed by atoms with E-state index < -0.39 is 0 Å². The first-order valence-electron chi connectivity index (χ1n) is 7.84. The maximum absolute atomic E-state index is 4.45. The second kappa shape index (κ2) is 5.44. The zero-order valence-corrected chi connectivity index (χ0v) is 12.6. The lowest BCUT2D eigenvalue weighted by Gasteiger charge is -2.20. The summed E-state index contributed by atoms with van der Waals surface area (Å²) < 4.78 is 0. The van der Waals surface area contributed by atoms with Crippen molar-refractivity contribution in [3.8, 4) is 11.3 Å². The lowest BCUT2D eigenvalue weighted by molar-refractivity contribution is 0.432. The third kappa shape index (κ3) is 2.34. The van der Waals surface area contributed by atoms with E-state index in [4.69, 9.17) is 0 Å². The smallest absolute Gasteiger partial charge is 0.151 e. The summed E-state index contributed by atoms with van der Waals surface area (Å²) in [5.41, 5.74) is 2.04. The molecule has 3 heterocycles. The summed E-state index contributed by atoms with van der Waals surface area (Å²) in [5, 5.41) is 8.85. The Labute approximate surface area is 131 Å². The molecule has 2 aromatic rings. The highest BCUT2D eigenvalue weighted by Crippen LogP contribution is 2.33. The predicted octanol–water partition coefficient (Wildman–Crippen LogP) is 2.66. The fourth-order valence-corrected chi connectivity index (χ4v) is 3.62. The predicted molar refractivity (Wildman–Crippen MR) is 88.4 cm³/mol. The number of aromatic nitrogens is 2. The maximum atomic E-state index is 4.45. The Kier molecular flexibility index (Phi) is 3.29. The van der Waals surface area contributed by atoms with Crippen LogP contribution in [-0.2, 0) is 0 Å². The van der Waals surface area contributed by atoms with Gasteiger partial charge in [-0.1, -0.05) is 36.9 Å². The average molecular weight is 292 g/mol. The van der Waals surface area contributed by atoms with E-state index in [1.807, 2.05) is 24.4 Å². The minimum absolute atomic E-state index is 0.730. The highest BCUT2D eigenvalue weighted by molar-refractivity contribution is 5.59. The summed E-state index contributed by atoms with van der Waals surface area (Å²) in [6.07, 6.45) is 1.97. The Bertz CT molecular complexity index is 639. The number of fused-ring (bicyclic) bond motifs is 1. The highest BCUT2D eigenvalue weighted by Gasteiger charge is 2.39. The van der Waals surface area contributed by atoms with Crippen molar-refractivity contribution in [2.24, 2.45) is 11.8 Å². The molecule has 2 aliphatic heterocycles. The molecule has 1 aromatic heterocycles. The van der Waals surface area contributed by atoms with Gasteiger partial charge in [0, 0.05) is 43.6 Å². The number of nitrogens with zero attached hydrogens (tertiary/aromatic N) is 4. The summed E-state index contributed by atoms with van der Waals surface area (Å²) in [4.78, 5) is 4.70. The normalized spacial score (nSPS) is 23.6. The molecule has 0 spiro atoms. The third-order valence-electron chi connectivity index (χ3n) is 4.82. The van der Waals surface area contributed by atoms with Crippen LogP contribution in [0.25, 0.3) is 11.3 Å². The van der Waals surface area contributed by atoms with Gasteiger partial charge in [0.25, 0.3) is 0 Å². The molecular formula is C18H20N4. The zero-order chi connectivity index (χ0) is 14.9. The van der Waals surface area contributed by atoms with Crippen LogP contribution in [0.1, 0.15) is 0 Å². The van der Waals surface area contributed by atoms with Crippen LogP contribution in [0.2, 0.25) is 0 Å². The molecule has 22 heavy (non-hydrogen) atoms. The minimum Gasteiger partial charge on any atom is -0.377 e. The summed E-state index contributed by atoms with van der Waals surface area (Å²) in [5.74, 6) is 2.46. The van der Waals surface area contributed by atoms with Crippen LogP contribution >= 0.6 is 0 Å². The van der Waals surface area contributed by atoms with E-state index in [0.717, 1.165) is 55.1 Å². The van der Waals surface area contributed by atoms with Gasteiger partial charge in [0.05, 0.1) is 5.69 Å². The molecule has 2 fully saturated rings. The molecule has 2 atom stereocenters. The SMILES string of the molecule is C=CN1CC2CN(c3ccc(-c4ccccc4)nn3)CC2C1. The van der Waals surface area contributed by atoms with Crippen LogP contribution in [0, 0.1) is 11.8 Å². The molecule has 4 rings (SSSR count). The molecule has 0 bridgehead atoms. The third-order valence-corrected chi connectivity index (χ3v) is 4.82. The van der Waals surface area contributed by atoms with Crippen LogP contribution in [0.4, 0.5) is 5.82 Å². The molecule has 4 nitrogen and oxygen atoms in total. The van der Waals surface area contributed by atoms with Gasteiger partial charge in [0.1, 0.15) is 0 Å². The first kappa shape index (κ1) is 13.3. The molecule has 0 amide bonds. The van der Waals surface area contributed by atoms with E-state index in [1.165, 1.54) is 0 Å². The van der Waals surface area contributed by atoms with E-state index in [-0.39, 0.29) is 0 Å². The molecule has 2 aliphatic rings.